The first kappa shape index (κ1) is 24.6. The molecule has 3 rings (SSSR count). The van der Waals surface area contributed by atoms with Crippen molar-refractivity contribution in [3.8, 4) is 0 Å². The van der Waals surface area contributed by atoms with E-state index in [4.69, 9.17) is 0 Å². The van der Waals surface area contributed by atoms with Crippen LogP contribution in [-0.2, 0) is 4.79 Å². The number of carboxylic acids is 1. The molecule has 33 heavy (non-hydrogen) atoms. The zero-order valence-electron chi connectivity index (χ0n) is 19.8. The van der Waals surface area contributed by atoms with Crippen molar-refractivity contribution < 1.29 is 19.1 Å². The predicted molar refractivity (Wildman–Crippen MR) is 131 cm³/mol. The lowest BCUT2D eigenvalue weighted by Gasteiger charge is -2.35. The number of carboxylic acid groups (broad SMARTS) is 1. The van der Waals surface area contributed by atoms with Gasteiger partial charge in [-0.3, -0.25) is 4.79 Å². The molecule has 1 saturated heterocycles. The number of nitrogens with one attached hydrogen (secondary N) is 2. The van der Waals surface area contributed by atoms with Crippen molar-refractivity contribution in [1.82, 2.24) is 0 Å². The van der Waals surface area contributed by atoms with E-state index >= 15 is 0 Å². The molecule has 0 spiro atoms. The van der Waals surface area contributed by atoms with Gasteiger partial charge in [-0.1, -0.05) is 30.7 Å². The fourth-order valence-corrected chi connectivity index (χ4v) is 4.56. The minimum absolute atomic E-state index is 0.00863. The van der Waals surface area contributed by atoms with Crippen LogP contribution in [-0.4, -0.2) is 35.4 Å². The molecule has 2 amide bonds. The Hall–Kier alpha value is -3.09. The van der Waals surface area contributed by atoms with Crippen molar-refractivity contribution in [3.05, 3.63) is 53.6 Å². The van der Waals surface area contributed by atoms with Crippen molar-refractivity contribution in [2.75, 3.05) is 22.1 Å². The second-order valence-corrected chi connectivity index (χ2v) is 9.34. The monoisotopic (exact) mass is 455 g/mol. The number of rotatable bonds is 8. The molecule has 0 saturated carbocycles. The molecule has 0 radical (unpaired) electrons. The van der Waals surface area contributed by atoms with E-state index in [-0.39, 0.29) is 18.4 Å². The van der Waals surface area contributed by atoms with E-state index in [1.807, 2.05) is 61.2 Å². The van der Waals surface area contributed by atoms with Crippen LogP contribution in [0.25, 0.3) is 0 Å². The Morgan fingerprint density at radius 3 is 2.48 bits per heavy atom. The topological polar surface area (TPSA) is 81.7 Å². The van der Waals surface area contributed by atoms with Crippen molar-refractivity contribution in [2.24, 2.45) is 0 Å². The van der Waals surface area contributed by atoms with Crippen LogP contribution in [0.5, 0.6) is 0 Å². The molecule has 0 aromatic heterocycles. The number of carbonyl (C=O) groups excluding carboxylic acids is 1. The average molecular weight is 456 g/mol. The Morgan fingerprint density at radius 1 is 1.18 bits per heavy atom. The molecule has 2 aromatic carbocycles. The number of hydrogen-bond donors (Lipinski definition) is 3. The number of aryl methyl sites for hydroxylation is 1. The van der Waals surface area contributed by atoms with E-state index in [0.717, 1.165) is 29.7 Å². The standard InChI is InChI=1S/C26H34FN3O3/c1-5-18(16-24(31)32)19-10-13-22(30-14-6-7-23(30)26(3,4)27)21(15-19)29-25(33)28-20-11-8-17(2)9-12-20/h8-13,15,18,23H,5-7,14,16H2,1-4H3,(H,31,32)(H2,28,29,33). The summed E-state index contributed by atoms with van der Waals surface area (Å²) >= 11 is 0. The molecule has 6 nitrogen and oxygen atoms in total. The molecule has 2 atom stereocenters. The summed E-state index contributed by atoms with van der Waals surface area (Å²) in [5, 5.41) is 15.1. The summed E-state index contributed by atoms with van der Waals surface area (Å²) in [6, 6.07) is 12.4. The summed E-state index contributed by atoms with van der Waals surface area (Å²) < 4.78 is 14.9. The SMILES string of the molecule is CCC(CC(=O)O)c1ccc(N2CCCC2C(C)(C)F)c(NC(=O)Nc2ccc(C)cc2)c1. The third-order valence-electron chi connectivity index (χ3n) is 6.32. The lowest BCUT2D eigenvalue weighted by atomic mass is 9.92. The molecule has 1 heterocycles. The number of anilines is 3. The molecule has 1 aliphatic heterocycles. The zero-order valence-corrected chi connectivity index (χ0v) is 19.8. The Labute approximate surface area is 195 Å². The second kappa shape index (κ2) is 10.2. The zero-order chi connectivity index (χ0) is 24.2. The minimum Gasteiger partial charge on any atom is -0.481 e. The van der Waals surface area contributed by atoms with Crippen molar-refractivity contribution in [2.45, 2.75) is 71.0 Å². The molecule has 2 unspecified atom stereocenters. The number of benzene rings is 2. The predicted octanol–water partition coefficient (Wildman–Crippen LogP) is 6.32. The van der Waals surface area contributed by atoms with Crippen LogP contribution in [0.15, 0.2) is 42.5 Å². The van der Waals surface area contributed by atoms with Crippen LogP contribution in [0.3, 0.4) is 0 Å². The molecule has 1 fully saturated rings. The molecule has 178 valence electrons. The van der Waals surface area contributed by atoms with Gasteiger partial charge in [0.05, 0.1) is 23.8 Å². The second-order valence-electron chi connectivity index (χ2n) is 9.34. The van der Waals surface area contributed by atoms with Gasteiger partial charge in [0, 0.05) is 12.2 Å². The highest BCUT2D eigenvalue weighted by atomic mass is 19.1. The van der Waals surface area contributed by atoms with Crippen LogP contribution in [0, 0.1) is 6.92 Å². The Balaban J connectivity index is 1.94. The van der Waals surface area contributed by atoms with Gasteiger partial charge in [0.1, 0.15) is 5.67 Å². The smallest absolute Gasteiger partial charge is 0.323 e. The normalized spacial score (nSPS) is 17.0. The maximum absolute atomic E-state index is 14.9. The fourth-order valence-electron chi connectivity index (χ4n) is 4.56. The molecule has 0 bridgehead atoms. The summed E-state index contributed by atoms with van der Waals surface area (Å²) in [6.45, 7) is 7.78. The van der Waals surface area contributed by atoms with Gasteiger partial charge in [-0.25, -0.2) is 9.18 Å². The van der Waals surface area contributed by atoms with Crippen LogP contribution >= 0.6 is 0 Å². The van der Waals surface area contributed by atoms with Gasteiger partial charge in [-0.15, -0.1) is 0 Å². The number of urea groups is 1. The lowest BCUT2D eigenvalue weighted by Crippen LogP contribution is -2.43. The minimum atomic E-state index is -1.40. The fraction of sp³-hybridized carbons (Fsp3) is 0.462. The molecule has 1 aliphatic rings. The number of carbonyl (C=O) groups is 2. The Bertz CT molecular complexity index is 985. The first-order valence-electron chi connectivity index (χ1n) is 11.5. The lowest BCUT2D eigenvalue weighted by molar-refractivity contribution is -0.137. The molecule has 2 aromatic rings. The van der Waals surface area contributed by atoms with Gasteiger partial charge in [0.15, 0.2) is 0 Å². The quantitative estimate of drug-likeness (QED) is 0.435. The Kier molecular flexibility index (Phi) is 7.61. The van der Waals surface area contributed by atoms with E-state index in [1.165, 1.54) is 0 Å². The molecule has 7 heteroatoms. The molecule has 0 aliphatic carbocycles. The van der Waals surface area contributed by atoms with E-state index in [0.29, 0.717) is 24.3 Å². The first-order valence-corrected chi connectivity index (χ1v) is 11.5. The third-order valence-corrected chi connectivity index (χ3v) is 6.32. The highest BCUT2D eigenvalue weighted by Crippen LogP contribution is 2.39. The molecular weight excluding hydrogens is 421 g/mol. The van der Waals surface area contributed by atoms with E-state index in [9.17, 15) is 19.1 Å². The van der Waals surface area contributed by atoms with Gasteiger partial charge < -0.3 is 20.6 Å². The number of nitrogens with zero attached hydrogens (tertiary/aromatic N) is 1. The number of halogens is 1. The van der Waals surface area contributed by atoms with E-state index in [1.54, 1.807) is 13.8 Å². The van der Waals surface area contributed by atoms with Gasteiger partial charge in [-0.2, -0.15) is 0 Å². The summed E-state index contributed by atoms with van der Waals surface area (Å²) in [7, 11) is 0. The summed E-state index contributed by atoms with van der Waals surface area (Å²) in [5.74, 6) is -1.04. The number of amides is 2. The first-order chi connectivity index (χ1) is 15.6. The Morgan fingerprint density at radius 2 is 1.88 bits per heavy atom. The maximum Gasteiger partial charge on any atom is 0.323 e. The van der Waals surface area contributed by atoms with E-state index < -0.39 is 17.7 Å². The van der Waals surface area contributed by atoms with Gasteiger partial charge in [0.2, 0.25) is 0 Å². The summed E-state index contributed by atoms with van der Waals surface area (Å²) in [4.78, 5) is 26.2. The number of alkyl halides is 1. The van der Waals surface area contributed by atoms with Crippen LogP contribution in [0.2, 0.25) is 0 Å². The van der Waals surface area contributed by atoms with Crippen molar-refractivity contribution >= 4 is 29.1 Å². The number of hydrogen-bond acceptors (Lipinski definition) is 3. The van der Waals surface area contributed by atoms with Crippen molar-refractivity contribution in [3.63, 3.8) is 0 Å². The molecule has 3 N–H and O–H groups in total. The largest absolute Gasteiger partial charge is 0.481 e. The van der Waals surface area contributed by atoms with Crippen molar-refractivity contribution in [1.29, 1.82) is 0 Å². The average Bonchev–Trinajstić information content (AvgIpc) is 3.24. The summed E-state index contributed by atoms with van der Waals surface area (Å²) in [5.41, 5.74) is 2.50. The maximum atomic E-state index is 14.9. The van der Waals surface area contributed by atoms with Gasteiger partial charge in [0.25, 0.3) is 0 Å². The van der Waals surface area contributed by atoms with Gasteiger partial charge in [-0.05, 0) is 75.8 Å². The van der Waals surface area contributed by atoms with E-state index in [2.05, 4.69) is 10.6 Å². The highest BCUT2D eigenvalue weighted by molar-refractivity contribution is 6.02. The summed E-state index contributed by atoms with van der Waals surface area (Å²) in [6.07, 6.45) is 2.27. The number of aliphatic carboxylic acids is 1. The third kappa shape index (κ3) is 6.24. The molecular formula is C26H34FN3O3. The highest BCUT2D eigenvalue weighted by Gasteiger charge is 2.38. The van der Waals surface area contributed by atoms with Crippen LogP contribution in [0.1, 0.15) is 63.5 Å². The van der Waals surface area contributed by atoms with Crippen LogP contribution in [0.4, 0.5) is 26.2 Å². The van der Waals surface area contributed by atoms with Crippen LogP contribution < -0.4 is 15.5 Å². The van der Waals surface area contributed by atoms with Gasteiger partial charge >= 0.3 is 12.0 Å².